The second-order valence-electron chi connectivity index (χ2n) is 6.53. The molecule has 1 aromatic heterocycles. The van der Waals surface area contributed by atoms with Gasteiger partial charge in [0.25, 0.3) is 0 Å². The molecule has 0 saturated heterocycles. The van der Waals surface area contributed by atoms with Crippen LogP contribution in [0.4, 0.5) is 35.0 Å². The molecule has 3 aromatic rings. The van der Waals surface area contributed by atoms with E-state index in [-0.39, 0.29) is 17.8 Å². The first kappa shape index (κ1) is 18.2. The van der Waals surface area contributed by atoms with E-state index < -0.39 is 23.2 Å². The highest BCUT2D eigenvalue weighted by Gasteiger charge is 2.35. The normalized spacial score (nSPS) is 14.0. The molecule has 1 heterocycles. The van der Waals surface area contributed by atoms with E-state index in [1.54, 1.807) is 0 Å². The number of aromatic nitrogens is 2. The Bertz CT molecular complexity index is 985. The minimum atomic E-state index is -4.70. The van der Waals surface area contributed by atoms with E-state index in [0.717, 1.165) is 36.6 Å². The molecule has 0 bridgehead atoms. The summed E-state index contributed by atoms with van der Waals surface area (Å²) in [4.78, 5) is 8.67. The van der Waals surface area contributed by atoms with Gasteiger partial charge in [-0.1, -0.05) is 36.4 Å². The molecule has 0 spiro atoms. The van der Waals surface area contributed by atoms with Crippen molar-refractivity contribution in [3.63, 3.8) is 0 Å². The van der Waals surface area contributed by atoms with Crippen LogP contribution in [0.5, 0.6) is 0 Å². The van der Waals surface area contributed by atoms with Gasteiger partial charge in [0.1, 0.15) is 11.6 Å². The summed E-state index contributed by atoms with van der Waals surface area (Å²) in [5.74, 6) is -0.643. The zero-order valence-electron chi connectivity index (χ0n) is 14.6. The molecular formula is C20H16F4N4. The minimum Gasteiger partial charge on any atom is -0.351 e. The van der Waals surface area contributed by atoms with E-state index >= 15 is 0 Å². The van der Waals surface area contributed by atoms with Crippen LogP contribution in [0.1, 0.15) is 18.4 Å². The van der Waals surface area contributed by atoms with Gasteiger partial charge in [0.05, 0.1) is 16.9 Å². The Hall–Kier alpha value is -3.16. The van der Waals surface area contributed by atoms with Crippen molar-refractivity contribution in [3.05, 3.63) is 66.0 Å². The molecule has 0 amide bonds. The molecule has 144 valence electrons. The van der Waals surface area contributed by atoms with Gasteiger partial charge in [-0.2, -0.15) is 18.2 Å². The molecule has 0 aliphatic heterocycles. The fourth-order valence-corrected chi connectivity index (χ4v) is 2.76. The second-order valence-corrected chi connectivity index (χ2v) is 6.53. The average molecular weight is 388 g/mol. The number of alkyl halides is 3. The van der Waals surface area contributed by atoms with Crippen LogP contribution in [-0.2, 0) is 6.18 Å². The average Bonchev–Trinajstić information content (AvgIpc) is 3.47. The number of halogens is 4. The molecule has 28 heavy (non-hydrogen) atoms. The first-order chi connectivity index (χ1) is 13.4. The third-order valence-corrected chi connectivity index (χ3v) is 4.28. The molecule has 8 heteroatoms. The summed E-state index contributed by atoms with van der Waals surface area (Å²) < 4.78 is 54.0. The minimum absolute atomic E-state index is 0.0765. The maximum Gasteiger partial charge on any atom is 0.418 e. The SMILES string of the molecule is Fc1cccc(C(F)(F)F)c1Nc1cc(-c2ccccc2)nc(NC2CC2)n1. The van der Waals surface area contributed by atoms with Gasteiger partial charge in [0.15, 0.2) is 0 Å². The van der Waals surface area contributed by atoms with Crippen LogP contribution in [0.2, 0.25) is 0 Å². The van der Waals surface area contributed by atoms with Gasteiger partial charge in [-0.05, 0) is 25.0 Å². The van der Waals surface area contributed by atoms with Crippen molar-refractivity contribution in [1.82, 2.24) is 9.97 Å². The highest BCUT2D eigenvalue weighted by molar-refractivity contribution is 5.69. The predicted molar refractivity (Wildman–Crippen MR) is 98.8 cm³/mol. The molecule has 4 rings (SSSR count). The smallest absolute Gasteiger partial charge is 0.351 e. The quantitative estimate of drug-likeness (QED) is 0.557. The second kappa shape index (κ2) is 7.10. The predicted octanol–water partition coefficient (Wildman–Crippen LogP) is 5.62. The van der Waals surface area contributed by atoms with Crippen molar-refractivity contribution >= 4 is 17.5 Å². The van der Waals surface area contributed by atoms with Gasteiger partial charge in [0, 0.05) is 17.7 Å². The molecule has 1 aliphatic carbocycles. The van der Waals surface area contributed by atoms with Crippen molar-refractivity contribution in [2.24, 2.45) is 0 Å². The molecule has 4 nitrogen and oxygen atoms in total. The summed E-state index contributed by atoms with van der Waals surface area (Å²) in [6.07, 6.45) is -2.74. The Morgan fingerprint density at radius 2 is 1.68 bits per heavy atom. The maximum atomic E-state index is 14.2. The third-order valence-electron chi connectivity index (χ3n) is 4.28. The highest BCUT2D eigenvalue weighted by Crippen LogP contribution is 2.37. The summed E-state index contributed by atoms with van der Waals surface area (Å²) in [5, 5.41) is 5.64. The van der Waals surface area contributed by atoms with Crippen LogP contribution >= 0.6 is 0 Å². The topological polar surface area (TPSA) is 49.8 Å². The summed E-state index contributed by atoms with van der Waals surface area (Å²) in [7, 11) is 0. The van der Waals surface area contributed by atoms with Gasteiger partial charge in [-0.3, -0.25) is 0 Å². The van der Waals surface area contributed by atoms with Crippen molar-refractivity contribution in [3.8, 4) is 11.3 Å². The van der Waals surface area contributed by atoms with Gasteiger partial charge in [0.2, 0.25) is 5.95 Å². The summed E-state index contributed by atoms with van der Waals surface area (Å²) in [6.45, 7) is 0. The lowest BCUT2D eigenvalue weighted by atomic mass is 10.1. The van der Waals surface area contributed by atoms with Crippen molar-refractivity contribution in [2.45, 2.75) is 25.1 Å². The zero-order valence-corrected chi connectivity index (χ0v) is 14.6. The van der Waals surface area contributed by atoms with Crippen LogP contribution in [0.15, 0.2) is 54.6 Å². The standard InChI is InChI=1S/C20H16F4N4/c21-15-8-4-7-14(20(22,23)24)18(15)27-17-11-16(12-5-2-1-3-6-12)26-19(28-17)25-13-9-10-13/h1-8,11,13H,9-10H2,(H2,25,26,27,28). The van der Waals surface area contributed by atoms with Crippen LogP contribution in [-0.4, -0.2) is 16.0 Å². The van der Waals surface area contributed by atoms with E-state index in [9.17, 15) is 17.6 Å². The molecule has 0 unspecified atom stereocenters. The monoisotopic (exact) mass is 388 g/mol. The summed E-state index contributed by atoms with van der Waals surface area (Å²) in [5.41, 5.74) is -0.461. The van der Waals surface area contributed by atoms with Crippen LogP contribution < -0.4 is 10.6 Å². The van der Waals surface area contributed by atoms with Crippen LogP contribution in [0.3, 0.4) is 0 Å². The molecule has 2 aromatic carbocycles. The molecule has 1 aliphatic rings. The van der Waals surface area contributed by atoms with Crippen molar-refractivity contribution in [2.75, 3.05) is 10.6 Å². The Labute approximate surface area is 158 Å². The highest BCUT2D eigenvalue weighted by atomic mass is 19.4. The third kappa shape index (κ3) is 4.05. The first-order valence-electron chi connectivity index (χ1n) is 8.74. The molecule has 2 N–H and O–H groups in total. The molecule has 0 atom stereocenters. The fraction of sp³-hybridized carbons (Fsp3) is 0.200. The summed E-state index contributed by atoms with van der Waals surface area (Å²) in [6, 6.07) is 13.7. The number of nitrogens with zero attached hydrogens (tertiary/aromatic N) is 2. The van der Waals surface area contributed by atoms with E-state index in [1.165, 1.54) is 6.07 Å². The van der Waals surface area contributed by atoms with Crippen LogP contribution in [0, 0.1) is 5.82 Å². The Morgan fingerprint density at radius 1 is 0.929 bits per heavy atom. The van der Waals surface area contributed by atoms with E-state index in [0.29, 0.717) is 5.69 Å². The van der Waals surface area contributed by atoms with E-state index in [1.807, 2.05) is 30.3 Å². The zero-order chi connectivity index (χ0) is 19.7. The Kier molecular flexibility index (Phi) is 4.62. The number of anilines is 3. The van der Waals surface area contributed by atoms with E-state index in [2.05, 4.69) is 20.6 Å². The molecule has 1 fully saturated rings. The molecular weight excluding hydrogens is 372 g/mol. The van der Waals surface area contributed by atoms with Gasteiger partial charge in [-0.25, -0.2) is 9.37 Å². The van der Waals surface area contributed by atoms with Crippen LogP contribution in [0.25, 0.3) is 11.3 Å². The van der Waals surface area contributed by atoms with Crippen molar-refractivity contribution < 1.29 is 17.6 Å². The number of hydrogen-bond donors (Lipinski definition) is 2. The lowest BCUT2D eigenvalue weighted by Gasteiger charge is -2.16. The molecule has 0 radical (unpaired) electrons. The summed E-state index contributed by atoms with van der Waals surface area (Å²) >= 11 is 0. The van der Waals surface area contributed by atoms with E-state index in [4.69, 9.17) is 0 Å². The lowest BCUT2D eigenvalue weighted by Crippen LogP contribution is -2.12. The van der Waals surface area contributed by atoms with Gasteiger partial charge >= 0.3 is 6.18 Å². The number of para-hydroxylation sites is 1. The first-order valence-corrected chi connectivity index (χ1v) is 8.74. The largest absolute Gasteiger partial charge is 0.418 e. The molecule has 1 saturated carbocycles. The number of benzene rings is 2. The number of rotatable bonds is 5. The fourth-order valence-electron chi connectivity index (χ4n) is 2.76. The van der Waals surface area contributed by atoms with Gasteiger partial charge in [-0.15, -0.1) is 0 Å². The lowest BCUT2D eigenvalue weighted by molar-refractivity contribution is -0.137. The van der Waals surface area contributed by atoms with Crippen molar-refractivity contribution in [1.29, 1.82) is 0 Å². The number of hydrogen-bond acceptors (Lipinski definition) is 4. The Morgan fingerprint density at radius 3 is 2.36 bits per heavy atom. The Balaban J connectivity index is 1.76. The maximum absolute atomic E-state index is 14.2. The number of nitrogens with one attached hydrogen (secondary N) is 2. The van der Waals surface area contributed by atoms with Gasteiger partial charge < -0.3 is 10.6 Å².